The highest BCUT2D eigenvalue weighted by molar-refractivity contribution is 5.94. The molecule has 0 bridgehead atoms. The number of aromatic hydroxyl groups is 1. The smallest absolute Gasteiger partial charge is 0.159 e. The number of rotatable bonds is 5. The molecule has 0 aliphatic heterocycles. The van der Waals surface area contributed by atoms with Gasteiger partial charge >= 0.3 is 0 Å². The molecular formula is C15H23NO2. The number of carbonyl (C=O) groups is 1. The van der Waals surface area contributed by atoms with Gasteiger partial charge in [0.2, 0.25) is 0 Å². The summed E-state index contributed by atoms with van der Waals surface area (Å²) >= 11 is 0. The number of hydrogen-bond donors (Lipinski definition) is 1. The summed E-state index contributed by atoms with van der Waals surface area (Å²) in [5.74, 6) is 0.281. The monoisotopic (exact) mass is 249 g/mol. The van der Waals surface area contributed by atoms with Crippen LogP contribution in [0.4, 0.5) is 0 Å². The number of benzene rings is 1. The van der Waals surface area contributed by atoms with Crippen molar-refractivity contribution < 1.29 is 9.90 Å². The molecule has 0 aliphatic carbocycles. The average molecular weight is 249 g/mol. The Morgan fingerprint density at radius 2 is 1.78 bits per heavy atom. The van der Waals surface area contributed by atoms with Crippen molar-refractivity contribution in [1.29, 1.82) is 0 Å². The maximum atomic E-state index is 11.4. The predicted octanol–water partition coefficient (Wildman–Crippen LogP) is 3.21. The summed E-state index contributed by atoms with van der Waals surface area (Å²) in [5.41, 5.74) is 1.46. The highest BCUT2D eigenvalue weighted by Gasteiger charge is 2.16. The lowest BCUT2D eigenvalue weighted by Crippen LogP contribution is -2.36. The lowest BCUT2D eigenvalue weighted by molar-refractivity contribution is 0.101. The number of ketones is 1. The lowest BCUT2D eigenvalue weighted by atomic mass is 10.1. The van der Waals surface area contributed by atoms with Crippen LogP contribution in [0.5, 0.6) is 5.75 Å². The molecule has 0 radical (unpaired) electrons. The normalized spacial score (nSPS) is 11.6. The topological polar surface area (TPSA) is 40.5 Å². The van der Waals surface area contributed by atoms with Crippen molar-refractivity contribution in [1.82, 2.24) is 4.90 Å². The first-order valence-electron chi connectivity index (χ1n) is 6.41. The predicted molar refractivity (Wildman–Crippen MR) is 73.9 cm³/mol. The first-order chi connectivity index (χ1) is 8.32. The number of phenols is 1. The Balaban J connectivity index is 3.01. The van der Waals surface area contributed by atoms with Crippen LogP contribution in [0.15, 0.2) is 18.2 Å². The van der Waals surface area contributed by atoms with Crippen molar-refractivity contribution in [2.45, 2.75) is 53.2 Å². The van der Waals surface area contributed by atoms with Crippen LogP contribution in [0.2, 0.25) is 0 Å². The number of hydrogen-bond acceptors (Lipinski definition) is 3. The Morgan fingerprint density at radius 1 is 1.22 bits per heavy atom. The summed E-state index contributed by atoms with van der Waals surface area (Å²) < 4.78 is 0. The molecule has 0 aromatic heterocycles. The van der Waals surface area contributed by atoms with Crippen LogP contribution < -0.4 is 0 Å². The lowest BCUT2D eigenvalue weighted by Gasteiger charge is -2.30. The zero-order valence-electron chi connectivity index (χ0n) is 11.9. The van der Waals surface area contributed by atoms with E-state index in [1.165, 1.54) is 0 Å². The van der Waals surface area contributed by atoms with Crippen molar-refractivity contribution >= 4 is 5.78 Å². The molecule has 18 heavy (non-hydrogen) atoms. The van der Waals surface area contributed by atoms with E-state index in [0.29, 0.717) is 24.2 Å². The number of nitrogens with zero attached hydrogens (tertiary/aromatic N) is 1. The van der Waals surface area contributed by atoms with Gasteiger partial charge in [-0.15, -0.1) is 0 Å². The van der Waals surface area contributed by atoms with Crippen molar-refractivity contribution in [3.8, 4) is 5.75 Å². The molecule has 1 aromatic rings. The summed E-state index contributed by atoms with van der Waals surface area (Å²) in [6, 6.07) is 5.84. The van der Waals surface area contributed by atoms with Gasteiger partial charge in [-0.1, -0.05) is 0 Å². The van der Waals surface area contributed by atoms with E-state index in [1.807, 2.05) is 0 Å². The summed E-state index contributed by atoms with van der Waals surface area (Å²) in [6.45, 7) is 10.7. The largest absolute Gasteiger partial charge is 0.508 e. The molecule has 0 aliphatic rings. The first kappa shape index (κ1) is 14.7. The Labute approximate surface area is 109 Å². The number of Topliss-reactive ketones (excluding diaryl/α,β-unsaturated/α-hetero) is 1. The molecule has 0 saturated heterocycles. The van der Waals surface area contributed by atoms with Gasteiger partial charge in [-0.3, -0.25) is 9.69 Å². The third-order valence-electron chi connectivity index (χ3n) is 3.17. The molecule has 0 spiro atoms. The third-order valence-corrected chi connectivity index (χ3v) is 3.17. The molecule has 1 N–H and O–H groups in total. The van der Waals surface area contributed by atoms with Crippen molar-refractivity contribution in [3.63, 3.8) is 0 Å². The van der Waals surface area contributed by atoms with Gasteiger partial charge in [-0.2, -0.15) is 0 Å². The molecule has 0 saturated carbocycles. The van der Waals surface area contributed by atoms with Gasteiger partial charge in [-0.05, 0) is 52.8 Å². The SMILES string of the molecule is CC(=O)c1ccc(O)c(CN(C(C)C)C(C)C)c1. The van der Waals surface area contributed by atoms with Crippen LogP contribution in [0.3, 0.4) is 0 Å². The minimum absolute atomic E-state index is 0.0249. The van der Waals surface area contributed by atoms with Crippen LogP contribution >= 0.6 is 0 Å². The molecule has 0 fully saturated rings. The van der Waals surface area contributed by atoms with Gasteiger partial charge in [0.05, 0.1) is 0 Å². The standard InChI is InChI=1S/C15H23NO2/c1-10(2)16(11(3)4)9-14-8-13(12(5)17)6-7-15(14)18/h6-8,10-11,18H,9H2,1-5H3. The molecule has 0 amide bonds. The van der Waals surface area contributed by atoms with Crippen LogP contribution in [0.1, 0.15) is 50.5 Å². The van der Waals surface area contributed by atoms with E-state index in [0.717, 1.165) is 5.56 Å². The van der Waals surface area contributed by atoms with E-state index in [-0.39, 0.29) is 11.5 Å². The van der Waals surface area contributed by atoms with E-state index < -0.39 is 0 Å². The summed E-state index contributed by atoms with van der Waals surface area (Å²) in [5, 5.41) is 9.89. The minimum Gasteiger partial charge on any atom is -0.508 e. The summed E-state index contributed by atoms with van der Waals surface area (Å²) in [6.07, 6.45) is 0. The second kappa shape index (κ2) is 6.01. The fourth-order valence-corrected chi connectivity index (χ4v) is 2.09. The van der Waals surface area contributed by atoms with Gasteiger partial charge < -0.3 is 5.11 Å². The zero-order valence-corrected chi connectivity index (χ0v) is 11.9. The highest BCUT2D eigenvalue weighted by Crippen LogP contribution is 2.22. The van der Waals surface area contributed by atoms with Crippen molar-refractivity contribution in [2.75, 3.05) is 0 Å². The second-order valence-electron chi connectivity index (χ2n) is 5.26. The van der Waals surface area contributed by atoms with Gasteiger partial charge in [0.1, 0.15) is 5.75 Å². The molecule has 0 unspecified atom stereocenters. The van der Waals surface area contributed by atoms with Crippen LogP contribution in [0, 0.1) is 0 Å². The molecule has 1 aromatic carbocycles. The van der Waals surface area contributed by atoms with Gasteiger partial charge in [0.25, 0.3) is 0 Å². The van der Waals surface area contributed by atoms with Crippen molar-refractivity contribution in [2.24, 2.45) is 0 Å². The quantitative estimate of drug-likeness (QED) is 0.815. The molecule has 3 nitrogen and oxygen atoms in total. The van der Waals surface area contributed by atoms with Gasteiger partial charge in [-0.25, -0.2) is 0 Å². The maximum absolute atomic E-state index is 11.4. The molecule has 0 atom stereocenters. The van der Waals surface area contributed by atoms with Crippen LogP contribution in [-0.2, 0) is 6.54 Å². The van der Waals surface area contributed by atoms with E-state index in [2.05, 4.69) is 32.6 Å². The van der Waals surface area contributed by atoms with Crippen LogP contribution in [0.25, 0.3) is 0 Å². The Bertz CT molecular complexity index is 417. The summed E-state index contributed by atoms with van der Waals surface area (Å²) in [4.78, 5) is 13.6. The van der Waals surface area contributed by atoms with Crippen molar-refractivity contribution in [3.05, 3.63) is 29.3 Å². The van der Waals surface area contributed by atoms with Gasteiger partial charge in [0, 0.05) is 29.8 Å². The second-order valence-corrected chi connectivity index (χ2v) is 5.26. The average Bonchev–Trinajstić information content (AvgIpc) is 2.26. The van der Waals surface area contributed by atoms with Gasteiger partial charge in [0.15, 0.2) is 5.78 Å². The molecule has 0 heterocycles. The Morgan fingerprint density at radius 3 is 2.22 bits per heavy atom. The molecule has 1 rings (SSSR count). The maximum Gasteiger partial charge on any atom is 0.159 e. The Kier molecular flexibility index (Phi) is 4.91. The van der Waals surface area contributed by atoms with Crippen LogP contribution in [-0.4, -0.2) is 27.9 Å². The third kappa shape index (κ3) is 3.57. The number of phenolic OH excluding ortho intramolecular Hbond substituents is 1. The first-order valence-corrected chi connectivity index (χ1v) is 6.41. The van der Waals surface area contributed by atoms with E-state index in [1.54, 1.807) is 25.1 Å². The molecular weight excluding hydrogens is 226 g/mol. The zero-order chi connectivity index (χ0) is 13.9. The minimum atomic E-state index is 0.0249. The fraction of sp³-hybridized carbons (Fsp3) is 0.533. The number of carbonyl (C=O) groups excluding carboxylic acids is 1. The fourth-order valence-electron chi connectivity index (χ4n) is 2.09. The van der Waals surface area contributed by atoms with E-state index in [9.17, 15) is 9.90 Å². The summed E-state index contributed by atoms with van der Waals surface area (Å²) in [7, 11) is 0. The molecule has 100 valence electrons. The van der Waals surface area contributed by atoms with E-state index >= 15 is 0 Å². The molecule has 3 heteroatoms. The Hall–Kier alpha value is -1.35. The highest BCUT2D eigenvalue weighted by atomic mass is 16.3. The van der Waals surface area contributed by atoms with E-state index in [4.69, 9.17) is 0 Å².